The minimum absolute atomic E-state index is 0.0101. The van der Waals surface area contributed by atoms with Crippen LogP contribution in [0.4, 0.5) is 0 Å². The maximum atomic E-state index is 13.4. The van der Waals surface area contributed by atoms with Crippen molar-refractivity contribution in [3.8, 4) is 0 Å². The number of hydrogen-bond acceptors (Lipinski definition) is 2. The van der Waals surface area contributed by atoms with E-state index in [9.17, 15) is 9.59 Å². The molecule has 0 bridgehead atoms. The second-order valence-electron chi connectivity index (χ2n) is 7.88. The number of rotatable bonds is 0. The molecule has 152 valence electrons. The average Bonchev–Trinajstić information content (AvgIpc) is 2.81. The topological polar surface area (TPSA) is 34.1 Å². The Hall–Kier alpha value is -3.08. The molecule has 0 saturated heterocycles. The maximum Gasteiger partial charge on any atom is 0.194 e. The smallest absolute Gasteiger partial charge is 0.194 e. The molecule has 0 unspecified atom stereocenters. The Bertz CT molecular complexity index is 1530. The Balaban J connectivity index is 1.84. The quantitative estimate of drug-likeness (QED) is 0.202. The summed E-state index contributed by atoms with van der Waals surface area (Å²) in [5.41, 5.74) is 8.15. The second kappa shape index (κ2) is 7.22. The van der Waals surface area contributed by atoms with Crippen molar-refractivity contribution in [2.24, 2.45) is 0 Å². The monoisotopic (exact) mass is 540 g/mol. The molecular formula is C28H14Br2O2. The van der Waals surface area contributed by atoms with Gasteiger partial charge in [0.2, 0.25) is 0 Å². The number of fused-ring (bicyclic) bond motifs is 4. The van der Waals surface area contributed by atoms with Gasteiger partial charge < -0.3 is 0 Å². The van der Waals surface area contributed by atoms with Crippen LogP contribution in [0.25, 0.3) is 11.1 Å². The molecule has 2 aliphatic carbocycles. The average molecular weight is 542 g/mol. The molecule has 4 aromatic rings. The van der Waals surface area contributed by atoms with E-state index in [1.165, 1.54) is 0 Å². The first-order chi connectivity index (χ1) is 15.5. The van der Waals surface area contributed by atoms with Crippen molar-refractivity contribution < 1.29 is 9.59 Å². The lowest BCUT2D eigenvalue weighted by molar-refractivity contribution is 0.102. The van der Waals surface area contributed by atoms with E-state index < -0.39 is 0 Å². The van der Waals surface area contributed by atoms with Crippen molar-refractivity contribution in [2.45, 2.75) is 0 Å². The van der Waals surface area contributed by atoms with E-state index in [1.54, 1.807) is 0 Å². The molecule has 4 aromatic carbocycles. The first-order valence-electron chi connectivity index (χ1n) is 10.2. The van der Waals surface area contributed by atoms with Gasteiger partial charge in [-0.1, -0.05) is 86.5 Å². The van der Waals surface area contributed by atoms with Crippen molar-refractivity contribution in [2.75, 3.05) is 0 Å². The van der Waals surface area contributed by atoms with E-state index >= 15 is 0 Å². The van der Waals surface area contributed by atoms with Crippen LogP contribution in [0.15, 0.2) is 93.9 Å². The summed E-state index contributed by atoms with van der Waals surface area (Å²) in [6, 6.07) is 27.1. The van der Waals surface area contributed by atoms with Gasteiger partial charge in [0.1, 0.15) is 0 Å². The van der Waals surface area contributed by atoms with Gasteiger partial charge in [-0.3, -0.25) is 9.59 Å². The molecule has 6 rings (SSSR count). The lowest BCUT2D eigenvalue weighted by atomic mass is 9.73. The van der Waals surface area contributed by atoms with E-state index in [0.717, 1.165) is 42.3 Å². The highest BCUT2D eigenvalue weighted by Gasteiger charge is 2.34. The Kier molecular flexibility index (Phi) is 4.42. The maximum absolute atomic E-state index is 13.4. The highest BCUT2D eigenvalue weighted by Crippen LogP contribution is 2.47. The SMILES string of the molecule is O=C1c2ccccc2C(=C2c3ccccc3C(=O)c3ccc(Br)cc32)c2ccc(Br)cc21. The molecule has 0 fully saturated rings. The second-order valence-corrected chi connectivity index (χ2v) is 9.71. The predicted molar refractivity (Wildman–Crippen MR) is 133 cm³/mol. The van der Waals surface area contributed by atoms with Crippen molar-refractivity contribution in [3.63, 3.8) is 0 Å². The summed E-state index contributed by atoms with van der Waals surface area (Å²) in [5, 5.41) is 0. The Morgan fingerprint density at radius 1 is 0.406 bits per heavy atom. The first kappa shape index (κ1) is 19.6. The zero-order chi connectivity index (χ0) is 22.0. The summed E-state index contributed by atoms with van der Waals surface area (Å²) >= 11 is 7.11. The van der Waals surface area contributed by atoms with Crippen LogP contribution < -0.4 is 0 Å². The van der Waals surface area contributed by atoms with Gasteiger partial charge >= 0.3 is 0 Å². The van der Waals surface area contributed by atoms with Gasteiger partial charge in [0.15, 0.2) is 11.6 Å². The number of hydrogen-bond donors (Lipinski definition) is 0. The Labute approximate surface area is 201 Å². The highest BCUT2D eigenvalue weighted by molar-refractivity contribution is 9.10. The zero-order valence-corrected chi connectivity index (χ0v) is 19.8. The molecule has 0 aromatic heterocycles. The van der Waals surface area contributed by atoms with Crippen LogP contribution in [0.5, 0.6) is 0 Å². The number of benzene rings is 4. The normalized spacial score (nSPS) is 16.2. The minimum Gasteiger partial charge on any atom is -0.289 e. The molecule has 2 nitrogen and oxygen atoms in total. The van der Waals surface area contributed by atoms with Crippen molar-refractivity contribution in [1.82, 2.24) is 0 Å². The van der Waals surface area contributed by atoms with Crippen molar-refractivity contribution in [3.05, 3.63) is 138 Å². The molecule has 0 aliphatic heterocycles. The lowest BCUT2D eigenvalue weighted by Gasteiger charge is -2.29. The largest absolute Gasteiger partial charge is 0.289 e. The van der Waals surface area contributed by atoms with Crippen LogP contribution in [0.2, 0.25) is 0 Å². The Morgan fingerprint density at radius 3 is 1.38 bits per heavy atom. The third kappa shape index (κ3) is 2.76. The molecule has 0 N–H and O–H groups in total. The van der Waals surface area contributed by atoms with Crippen LogP contribution in [-0.2, 0) is 0 Å². The van der Waals surface area contributed by atoms with E-state index in [-0.39, 0.29) is 11.6 Å². The van der Waals surface area contributed by atoms with E-state index in [1.807, 2.05) is 84.9 Å². The molecule has 0 amide bonds. The minimum atomic E-state index is 0.0101. The van der Waals surface area contributed by atoms with E-state index in [0.29, 0.717) is 22.3 Å². The molecule has 0 heterocycles. The van der Waals surface area contributed by atoms with Crippen LogP contribution in [0, 0.1) is 0 Å². The molecule has 0 saturated carbocycles. The van der Waals surface area contributed by atoms with E-state index in [2.05, 4.69) is 31.9 Å². The van der Waals surface area contributed by atoms with Gasteiger partial charge in [-0.15, -0.1) is 0 Å². The Morgan fingerprint density at radius 2 is 0.781 bits per heavy atom. The van der Waals surface area contributed by atoms with Crippen LogP contribution in [0.3, 0.4) is 0 Å². The molecule has 2 aliphatic rings. The van der Waals surface area contributed by atoms with Crippen LogP contribution >= 0.6 is 31.9 Å². The fraction of sp³-hybridized carbons (Fsp3) is 0. The van der Waals surface area contributed by atoms with Gasteiger partial charge in [-0.25, -0.2) is 0 Å². The fourth-order valence-corrected chi connectivity index (χ4v) is 5.48. The number of carbonyl (C=O) groups is 2. The van der Waals surface area contributed by atoms with Gasteiger partial charge in [0, 0.05) is 31.2 Å². The van der Waals surface area contributed by atoms with Crippen molar-refractivity contribution in [1.29, 1.82) is 0 Å². The fourth-order valence-electron chi connectivity index (χ4n) is 4.76. The first-order valence-corrected chi connectivity index (χ1v) is 11.8. The third-order valence-electron chi connectivity index (χ3n) is 6.12. The number of ketones is 2. The van der Waals surface area contributed by atoms with Crippen LogP contribution in [-0.4, -0.2) is 11.6 Å². The molecule has 0 atom stereocenters. The number of halogens is 2. The van der Waals surface area contributed by atoms with Gasteiger partial charge in [0.25, 0.3) is 0 Å². The van der Waals surface area contributed by atoms with Gasteiger partial charge in [-0.05, 0) is 63.7 Å². The molecular weight excluding hydrogens is 528 g/mol. The van der Waals surface area contributed by atoms with Crippen LogP contribution in [0.1, 0.15) is 54.1 Å². The standard InChI is InChI=1S/C28H14Br2O2/c29-15-10-12-22-23(13-15)26(18-6-2-3-7-20(18)27(22)31)25-17-5-1-4-8-21(17)28(32)24-14-16(30)9-11-19(24)25/h1-14H. The summed E-state index contributed by atoms with van der Waals surface area (Å²) in [5.74, 6) is 0.0273. The third-order valence-corrected chi connectivity index (χ3v) is 7.11. The summed E-state index contributed by atoms with van der Waals surface area (Å²) in [6.07, 6.45) is 0. The summed E-state index contributed by atoms with van der Waals surface area (Å²) in [4.78, 5) is 26.7. The molecule has 4 heteroatoms. The molecule has 0 radical (unpaired) electrons. The van der Waals surface area contributed by atoms with E-state index in [4.69, 9.17) is 0 Å². The van der Waals surface area contributed by atoms with Crippen molar-refractivity contribution >= 4 is 54.6 Å². The summed E-state index contributed by atoms with van der Waals surface area (Å²) < 4.78 is 1.76. The number of carbonyl (C=O) groups excluding carboxylic acids is 2. The molecule has 0 spiro atoms. The summed E-state index contributed by atoms with van der Waals surface area (Å²) in [7, 11) is 0. The predicted octanol–water partition coefficient (Wildman–Crippen LogP) is 7.31. The zero-order valence-electron chi connectivity index (χ0n) is 16.7. The van der Waals surface area contributed by atoms with Gasteiger partial charge in [0.05, 0.1) is 0 Å². The lowest BCUT2D eigenvalue weighted by Crippen LogP contribution is -2.19. The summed E-state index contributed by atoms with van der Waals surface area (Å²) in [6.45, 7) is 0. The molecule has 32 heavy (non-hydrogen) atoms. The van der Waals surface area contributed by atoms with Gasteiger partial charge in [-0.2, -0.15) is 0 Å². The highest BCUT2D eigenvalue weighted by atomic mass is 79.9.